The third kappa shape index (κ3) is 2.91. The summed E-state index contributed by atoms with van der Waals surface area (Å²) >= 11 is 0. The molecule has 1 aliphatic rings. The lowest BCUT2D eigenvalue weighted by Gasteiger charge is -2.39. The molecule has 5 nitrogen and oxygen atoms in total. The van der Waals surface area contributed by atoms with Gasteiger partial charge in [0, 0.05) is 31.6 Å². The minimum Gasteiger partial charge on any atom is -0.389 e. The van der Waals surface area contributed by atoms with Crippen molar-refractivity contribution in [2.24, 2.45) is 0 Å². The van der Waals surface area contributed by atoms with Crippen LogP contribution in [-0.2, 0) is 6.54 Å². The van der Waals surface area contributed by atoms with E-state index in [-0.39, 0.29) is 0 Å². The first kappa shape index (κ1) is 13.5. The summed E-state index contributed by atoms with van der Waals surface area (Å²) in [5.74, 6) is 1.22. The van der Waals surface area contributed by atoms with E-state index in [9.17, 15) is 10.2 Å². The number of β-amino-alcohol motifs (C(OH)–C–C–N with tert-alkyl or cyclic N) is 1. The van der Waals surface area contributed by atoms with Crippen LogP contribution in [-0.4, -0.2) is 45.1 Å². The summed E-state index contributed by atoms with van der Waals surface area (Å²) in [6.07, 6.45) is -0.133. The highest BCUT2D eigenvalue weighted by molar-refractivity contribution is 5.08. The average molecular weight is 254 g/mol. The molecule has 1 aromatic heterocycles. The van der Waals surface area contributed by atoms with Crippen molar-refractivity contribution in [1.29, 1.82) is 0 Å². The molecule has 0 amide bonds. The molecule has 2 unspecified atom stereocenters. The second-order valence-corrected chi connectivity index (χ2v) is 5.73. The van der Waals surface area contributed by atoms with E-state index < -0.39 is 11.7 Å². The lowest BCUT2D eigenvalue weighted by atomic mass is 9.91. The second kappa shape index (κ2) is 4.99. The van der Waals surface area contributed by atoms with Crippen LogP contribution in [0.3, 0.4) is 0 Å². The minimum atomic E-state index is -0.969. The lowest BCUT2D eigenvalue weighted by molar-refractivity contribution is -0.108. The largest absolute Gasteiger partial charge is 0.389 e. The number of rotatable bonds is 3. The van der Waals surface area contributed by atoms with Crippen molar-refractivity contribution in [3.63, 3.8) is 0 Å². The molecule has 2 atom stereocenters. The molecule has 1 saturated heterocycles. The Balaban J connectivity index is 1.94. The maximum Gasteiger partial charge on any atom is 0.139 e. The van der Waals surface area contributed by atoms with Crippen molar-refractivity contribution < 1.29 is 14.7 Å². The standard InChI is InChI=1S/C13H22N2O3/c1-9(2)11-6-10(14-18-11)7-15-5-4-13(3,17)12(16)8-15/h6,9,12,16-17H,4-5,7-8H2,1-3H3. The molecule has 0 saturated carbocycles. The first-order chi connectivity index (χ1) is 8.38. The molecule has 1 aliphatic heterocycles. The molecule has 0 aliphatic carbocycles. The van der Waals surface area contributed by atoms with Crippen molar-refractivity contribution in [3.05, 3.63) is 17.5 Å². The van der Waals surface area contributed by atoms with Crippen molar-refractivity contribution in [3.8, 4) is 0 Å². The van der Waals surface area contributed by atoms with E-state index in [0.717, 1.165) is 18.0 Å². The zero-order valence-corrected chi connectivity index (χ0v) is 11.3. The van der Waals surface area contributed by atoms with E-state index in [1.54, 1.807) is 6.92 Å². The van der Waals surface area contributed by atoms with E-state index >= 15 is 0 Å². The van der Waals surface area contributed by atoms with Crippen molar-refractivity contribution in [2.75, 3.05) is 13.1 Å². The first-order valence-corrected chi connectivity index (χ1v) is 6.47. The monoisotopic (exact) mass is 254 g/mol. The second-order valence-electron chi connectivity index (χ2n) is 5.73. The minimum absolute atomic E-state index is 0.332. The number of hydrogen-bond acceptors (Lipinski definition) is 5. The Kier molecular flexibility index (Phi) is 3.75. The maximum absolute atomic E-state index is 9.89. The van der Waals surface area contributed by atoms with Gasteiger partial charge in [-0.2, -0.15) is 0 Å². The molecular formula is C13H22N2O3. The summed E-state index contributed by atoms with van der Waals surface area (Å²) in [4.78, 5) is 2.09. The Labute approximate surface area is 107 Å². The molecule has 2 heterocycles. The Morgan fingerprint density at radius 2 is 2.33 bits per heavy atom. The summed E-state index contributed by atoms with van der Waals surface area (Å²) < 4.78 is 5.25. The summed E-state index contributed by atoms with van der Waals surface area (Å²) in [5.41, 5.74) is -0.0869. The molecule has 18 heavy (non-hydrogen) atoms. The van der Waals surface area contributed by atoms with Gasteiger partial charge in [0.1, 0.15) is 5.76 Å². The van der Waals surface area contributed by atoms with Crippen molar-refractivity contribution >= 4 is 0 Å². The smallest absolute Gasteiger partial charge is 0.139 e. The maximum atomic E-state index is 9.89. The molecule has 2 N–H and O–H groups in total. The van der Waals surface area contributed by atoms with E-state index in [2.05, 4.69) is 23.9 Å². The number of aliphatic hydroxyl groups is 2. The van der Waals surface area contributed by atoms with Crippen molar-refractivity contribution in [1.82, 2.24) is 10.1 Å². The Hall–Kier alpha value is -0.910. The van der Waals surface area contributed by atoms with Crippen LogP contribution in [0.15, 0.2) is 10.6 Å². The highest BCUT2D eigenvalue weighted by Gasteiger charge is 2.36. The number of nitrogens with zero attached hydrogens (tertiary/aromatic N) is 2. The van der Waals surface area contributed by atoms with Gasteiger partial charge in [0.05, 0.1) is 17.4 Å². The van der Waals surface area contributed by atoms with Gasteiger partial charge in [0.25, 0.3) is 0 Å². The average Bonchev–Trinajstić information content (AvgIpc) is 2.73. The summed E-state index contributed by atoms with van der Waals surface area (Å²) in [7, 11) is 0. The Bertz CT molecular complexity index is 401. The van der Waals surface area contributed by atoms with Crippen LogP contribution in [0.5, 0.6) is 0 Å². The fourth-order valence-electron chi connectivity index (χ4n) is 2.13. The van der Waals surface area contributed by atoms with Crippen LogP contribution in [0, 0.1) is 0 Å². The zero-order chi connectivity index (χ0) is 13.3. The highest BCUT2D eigenvalue weighted by atomic mass is 16.5. The van der Waals surface area contributed by atoms with Gasteiger partial charge in [-0.05, 0) is 13.3 Å². The fourth-order valence-corrected chi connectivity index (χ4v) is 2.13. The van der Waals surface area contributed by atoms with Gasteiger partial charge in [0.15, 0.2) is 0 Å². The predicted molar refractivity (Wildman–Crippen MR) is 67.1 cm³/mol. The quantitative estimate of drug-likeness (QED) is 0.845. The van der Waals surface area contributed by atoms with Gasteiger partial charge in [0.2, 0.25) is 0 Å². The number of piperidine rings is 1. The van der Waals surface area contributed by atoms with Crippen LogP contribution in [0.4, 0.5) is 0 Å². The van der Waals surface area contributed by atoms with Crippen LogP contribution >= 0.6 is 0 Å². The first-order valence-electron chi connectivity index (χ1n) is 6.47. The lowest BCUT2D eigenvalue weighted by Crippen LogP contribution is -2.53. The van der Waals surface area contributed by atoms with Crippen LogP contribution < -0.4 is 0 Å². The van der Waals surface area contributed by atoms with E-state index in [0.29, 0.717) is 25.4 Å². The molecule has 1 fully saturated rings. The van der Waals surface area contributed by atoms with Crippen LogP contribution in [0.25, 0.3) is 0 Å². The topological polar surface area (TPSA) is 69.7 Å². The number of hydrogen-bond donors (Lipinski definition) is 2. The molecular weight excluding hydrogens is 232 g/mol. The molecule has 0 aromatic carbocycles. The molecule has 0 radical (unpaired) electrons. The molecule has 102 valence electrons. The van der Waals surface area contributed by atoms with Gasteiger partial charge in [-0.3, -0.25) is 4.90 Å². The van der Waals surface area contributed by atoms with E-state index in [1.807, 2.05) is 6.07 Å². The zero-order valence-electron chi connectivity index (χ0n) is 11.3. The van der Waals surface area contributed by atoms with Gasteiger partial charge in [-0.25, -0.2) is 0 Å². The van der Waals surface area contributed by atoms with Crippen LogP contribution in [0.1, 0.15) is 44.6 Å². The predicted octanol–water partition coefficient (Wildman–Crippen LogP) is 1.12. The van der Waals surface area contributed by atoms with Gasteiger partial charge in [-0.15, -0.1) is 0 Å². The van der Waals surface area contributed by atoms with Gasteiger partial charge >= 0.3 is 0 Å². The Morgan fingerprint density at radius 3 is 2.89 bits per heavy atom. The third-order valence-electron chi connectivity index (χ3n) is 3.61. The van der Waals surface area contributed by atoms with Gasteiger partial charge in [-0.1, -0.05) is 19.0 Å². The molecule has 0 spiro atoms. The molecule has 0 bridgehead atoms. The number of likely N-dealkylation sites (tertiary alicyclic amines) is 1. The van der Waals surface area contributed by atoms with E-state index in [4.69, 9.17) is 4.52 Å². The number of aliphatic hydroxyl groups excluding tert-OH is 1. The molecule has 1 aromatic rings. The van der Waals surface area contributed by atoms with Crippen molar-refractivity contribution in [2.45, 2.75) is 51.4 Å². The summed E-state index contributed by atoms with van der Waals surface area (Å²) in [6, 6.07) is 1.96. The Morgan fingerprint density at radius 1 is 1.61 bits per heavy atom. The SMILES string of the molecule is CC(C)c1cc(CN2CCC(C)(O)C(O)C2)no1. The third-order valence-corrected chi connectivity index (χ3v) is 3.61. The van der Waals surface area contributed by atoms with Crippen LogP contribution in [0.2, 0.25) is 0 Å². The highest BCUT2D eigenvalue weighted by Crippen LogP contribution is 2.23. The number of aromatic nitrogens is 1. The van der Waals surface area contributed by atoms with E-state index in [1.165, 1.54) is 0 Å². The molecule has 5 heteroatoms. The van der Waals surface area contributed by atoms with Gasteiger partial charge < -0.3 is 14.7 Å². The summed E-state index contributed by atoms with van der Waals surface area (Å²) in [6.45, 7) is 7.69. The fraction of sp³-hybridized carbons (Fsp3) is 0.769. The molecule has 2 rings (SSSR count). The summed E-state index contributed by atoms with van der Waals surface area (Å²) in [5, 5.41) is 23.8. The normalized spacial score (nSPS) is 30.0.